The Bertz CT molecular complexity index is 1510. The molecule has 0 aliphatic heterocycles. The van der Waals surface area contributed by atoms with E-state index >= 15 is 0 Å². The van der Waals surface area contributed by atoms with Crippen molar-refractivity contribution in [3.05, 3.63) is 101 Å². The van der Waals surface area contributed by atoms with E-state index in [0.29, 0.717) is 29.0 Å². The molecule has 2 N–H and O–H groups in total. The van der Waals surface area contributed by atoms with Crippen LogP contribution in [0.4, 0.5) is 14.9 Å². The molecule has 4 aromatic rings. The lowest BCUT2D eigenvalue weighted by atomic mass is 9.93. The number of carbonyl (C=O) groups excluding carboxylic acids is 1. The molecule has 1 aliphatic carbocycles. The van der Waals surface area contributed by atoms with Crippen LogP contribution in [0.25, 0.3) is 22.5 Å². The maximum Gasteiger partial charge on any atom is 0.412 e. The minimum Gasteiger partial charge on any atom is -0.481 e. The number of carbonyl (C=O) groups is 2. The van der Waals surface area contributed by atoms with Crippen LogP contribution >= 0.6 is 11.6 Å². The van der Waals surface area contributed by atoms with E-state index < -0.39 is 29.6 Å². The van der Waals surface area contributed by atoms with Gasteiger partial charge in [0.1, 0.15) is 6.10 Å². The molecule has 1 aromatic heterocycles. The number of aliphatic carboxylic acids is 1. The third-order valence-corrected chi connectivity index (χ3v) is 7.36. The zero-order valence-electron chi connectivity index (χ0n) is 20.8. The number of anilines is 1. The molecule has 0 spiro atoms. The van der Waals surface area contributed by atoms with E-state index in [1.54, 1.807) is 43.3 Å². The number of hydrogen-bond donors (Lipinski definition) is 2. The van der Waals surface area contributed by atoms with E-state index in [0.717, 1.165) is 16.7 Å². The summed E-state index contributed by atoms with van der Waals surface area (Å²) in [5.74, 6) is -0.622. The standard InChI is InChI=1S/C30H25ClFNO5/c1-17-25(33-29(36)37-18(2)23-5-3-4-6-24(23)31)26(38-27(17)32)21-9-7-19(8-10-21)20-11-13-22(14-12-20)30(15-16-30)28(34)35/h3-14,18H,15-16H2,1-2H3,(H,33,36)(H,34,35). The molecule has 1 saturated carbocycles. The lowest BCUT2D eigenvalue weighted by molar-refractivity contribution is -0.140. The molecule has 1 heterocycles. The molecule has 0 bridgehead atoms. The Balaban J connectivity index is 1.33. The number of carboxylic acid groups (broad SMARTS) is 1. The highest BCUT2D eigenvalue weighted by Crippen LogP contribution is 2.48. The molecule has 1 fully saturated rings. The fourth-order valence-electron chi connectivity index (χ4n) is 4.55. The summed E-state index contributed by atoms with van der Waals surface area (Å²) in [6.45, 7) is 3.21. The van der Waals surface area contributed by atoms with Gasteiger partial charge in [0.15, 0.2) is 5.76 Å². The summed E-state index contributed by atoms with van der Waals surface area (Å²) in [7, 11) is 0. The third kappa shape index (κ3) is 4.77. The molecule has 3 aromatic carbocycles. The number of ether oxygens (including phenoxy) is 1. The van der Waals surface area contributed by atoms with Crippen molar-refractivity contribution < 1.29 is 28.2 Å². The first-order valence-corrected chi connectivity index (χ1v) is 12.5. The van der Waals surface area contributed by atoms with Crippen molar-refractivity contribution in [3.8, 4) is 22.5 Å². The molecule has 8 heteroatoms. The van der Waals surface area contributed by atoms with Crippen LogP contribution < -0.4 is 5.32 Å². The Morgan fingerprint density at radius 1 is 1.00 bits per heavy atom. The predicted molar refractivity (Wildman–Crippen MR) is 143 cm³/mol. The quantitative estimate of drug-likeness (QED) is 0.250. The summed E-state index contributed by atoms with van der Waals surface area (Å²) in [5, 5.41) is 12.6. The van der Waals surface area contributed by atoms with Gasteiger partial charge in [0, 0.05) is 21.7 Å². The van der Waals surface area contributed by atoms with Gasteiger partial charge in [-0.25, -0.2) is 4.79 Å². The number of carboxylic acids is 1. The van der Waals surface area contributed by atoms with Crippen LogP contribution in [0.2, 0.25) is 5.02 Å². The Hall–Kier alpha value is -4.10. The number of amides is 1. The molecule has 0 radical (unpaired) electrons. The summed E-state index contributed by atoms with van der Waals surface area (Å²) < 4.78 is 25.3. The average Bonchev–Trinajstić information content (AvgIpc) is 3.68. The van der Waals surface area contributed by atoms with E-state index in [-0.39, 0.29) is 17.0 Å². The minimum atomic E-state index is -0.804. The molecule has 1 unspecified atom stereocenters. The number of benzene rings is 3. The van der Waals surface area contributed by atoms with Gasteiger partial charge in [-0.3, -0.25) is 10.1 Å². The summed E-state index contributed by atoms with van der Waals surface area (Å²) in [6, 6.07) is 21.0. The molecule has 5 rings (SSSR count). The van der Waals surface area contributed by atoms with Gasteiger partial charge in [-0.2, -0.15) is 4.39 Å². The van der Waals surface area contributed by atoms with Crippen LogP contribution in [-0.4, -0.2) is 17.2 Å². The van der Waals surface area contributed by atoms with Crippen LogP contribution in [0.5, 0.6) is 0 Å². The largest absolute Gasteiger partial charge is 0.481 e. The van der Waals surface area contributed by atoms with Crippen molar-refractivity contribution in [1.29, 1.82) is 0 Å². The van der Waals surface area contributed by atoms with Crippen molar-refractivity contribution in [1.82, 2.24) is 0 Å². The summed E-state index contributed by atoms with van der Waals surface area (Å²) in [6.07, 6.45) is -0.0920. The summed E-state index contributed by atoms with van der Waals surface area (Å²) in [5.41, 5.74) is 3.41. The molecular formula is C30H25ClFNO5. The van der Waals surface area contributed by atoms with Crippen LogP contribution in [-0.2, 0) is 14.9 Å². The second kappa shape index (κ2) is 9.99. The first-order valence-electron chi connectivity index (χ1n) is 12.2. The van der Waals surface area contributed by atoms with Gasteiger partial charge < -0.3 is 14.3 Å². The number of rotatable bonds is 7. The maximum absolute atomic E-state index is 14.4. The van der Waals surface area contributed by atoms with Gasteiger partial charge in [0.2, 0.25) is 0 Å². The molecule has 1 aliphatic rings. The Morgan fingerprint density at radius 2 is 1.58 bits per heavy atom. The number of furan rings is 1. The topological polar surface area (TPSA) is 88.8 Å². The maximum atomic E-state index is 14.4. The molecule has 38 heavy (non-hydrogen) atoms. The molecule has 0 saturated heterocycles. The van der Waals surface area contributed by atoms with Crippen molar-refractivity contribution in [2.24, 2.45) is 0 Å². The van der Waals surface area contributed by atoms with E-state index in [1.165, 1.54) is 6.92 Å². The minimum absolute atomic E-state index is 0.148. The van der Waals surface area contributed by atoms with Crippen LogP contribution in [0, 0.1) is 12.9 Å². The number of hydrogen-bond acceptors (Lipinski definition) is 4. The van der Waals surface area contributed by atoms with Crippen LogP contribution in [0.3, 0.4) is 0 Å². The number of halogens is 2. The van der Waals surface area contributed by atoms with Gasteiger partial charge in [-0.15, -0.1) is 0 Å². The van der Waals surface area contributed by atoms with Crippen molar-refractivity contribution in [3.63, 3.8) is 0 Å². The molecule has 194 valence electrons. The molecule has 1 atom stereocenters. The molecule has 6 nitrogen and oxygen atoms in total. The van der Waals surface area contributed by atoms with Gasteiger partial charge in [0.05, 0.1) is 11.1 Å². The molecular weight excluding hydrogens is 509 g/mol. The van der Waals surface area contributed by atoms with E-state index in [9.17, 15) is 19.1 Å². The average molecular weight is 534 g/mol. The van der Waals surface area contributed by atoms with Gasteiger partial charge in [0.25, 0.3) is 6.01 Å². The third-order valence-electron chi connectivity index (χ3n) is 7.02. The Morgan fingerprint density at radius 3 is 2.16 bits per heavy atom. The lowest BCUT2D eigenvalue weighted by Crippen LogP contribution is -2.19. The summed E-state index contributed by atoms with van der Waals surface area (Å²) >= 11 is 6.20. The van der Waals surface area contributed by atoms with Gasteiger partial charge in [-0.05, 0) is 49.4 Å². The first-order chi connectivity index (χ1) is 18.2. The SMILES string of the molecule is Cc1c(F)oc(-c2ccc(-c3ccc(C4(C(=O)O)CC4)cc3)cc2)c1NC(=O)OC(C)c1ccccc1Cl. The van der Waals surface area contributed by atoms with Crippen molar-refractivity contribution in [2.75, 3.05) is 5.32 Å². The summed E-state index contributed by atoms with van der Waals surface area (Å²) in [4.78, 5) is 24.2. The second-order valence-electron chi connectivity index (χ2n) is 9.44. The zero-order valence-corrected chi connectivity index (χ0v) is 21.5. The van der Waals surface area contributed by atoms with Crippen molar-refractivity contribution in [2.45, 2.75) is 38.2 Å². The Labute approximate surface area is 224 Å². The number of nitrogens with one attached hydrogen (secondary N) is 1. The monoisotopic (exact) mass is 533 g/mol. The molecule has 1 amide bonds. The normalized spacial score (nSPS) is 14.5. The van der Waals surface area contributed by atoms with E-state index in [2.05, 4.69) is 5.32 Å². The highest BCUT2D eigenvalue weighted by atomic mass is 35.5. The van der Waals surface area contributed by atoms with Crippen molar-refractivity contribution >= 4 is 29.4 Å². The first kappa shape index (κ1) is 25.5. The smallest absolute Gasteiger partial charge is 0.412 e. The van der Waals surface area contributed by atoms with Crippen LogP contribution in [0.15, 0.2) is 77.2 Å². The fraction of sp³-hybridized carbons (Fsp3) is 0.200. The van der Waals surface area contributed by atoms with E-state index in [4.69, 9.17) is 20.8 Å². The predicted octanol–water partition coefficient (Wildman–Crippen LogP) is 8.14. The Kier molecular flexibility index (Phi) is 6.71. The van der Waals surface area contributed by atoms with Crippen LogP contribution in [0.1, 0.15) is 42.6 Å². The second-order valence-corrected chi connectivity index (χ2v) is 9.85. The fourth-order valence-corrected chi connectivity index (χ4v) is 4.84. The highest BCUT2D eigenvalue weighted by molar-refractivity contribution is 6.31. The highest BCUT2D eigenvalue weighted by Gasteiger charge is 2.51. The lowest BCUT2D eigenvalue weighted by Gasteiger charge is -2.15. The van der Waals surface area contributed by atoms with Gasteiger partial charge in [-0.1, -0.05) is 78.3 Å². The van der Waals surface area contributed by atoms with E-state index in [1.807, 2.05) is 36.4 Å². The zero-order chi connectivity index (χ0) is 27.0. The van der Waals surface area contributed by atoms with Gasteiger partial charge >= 0.3 is 12.1 Å².